The van der Waals surface area contributed by atoms with Gasteiger partial charge in [0.1, 0.15) is 23.6 Å². The number of benzene rings is 4. The van der Waals surface area contributed by atoms with E-state index in [4.69, 9.17) is 14.1 Å². The van der Waals surface area contributed by atoms with E-state index in [1.165, 1.54) is 36.6 Å². The van der Waals surface area contributed by atoms with Crippen LogP contribution in [0.25, 0.3) is 33.1 Å². The lowest BCUT2D eigenvalue weighted by molar-refractivity contribution is 0.0987. The number of aromatic nitrogens is 6. The van der Waals surface area contributed by atoms with Crippen LogP contribution in [0.4, 0.5) is 20.4 Å². The second-order valence-corrected chi connectivity index (χ2v) is 11.9. The zero-order valence-corrected chi connectivity index (χ0v) is 26.9. The number of amides is 1. The smallest absolute Gasteiger partial charge is 0.295 e. The average Bonchev–Trinajstić information content (AvgIpc) is 3.94. The predicted molar refractivity (Wildman–Crippen MR) is 184 cm³/mol. The molecule has 4 heterocycles. The Morgan fingerprint density at radius 3 is 2.12 bits per heavy atom. The molecule has 1 atom stereocenters. The molecule has 0 fully saturated rings. The van der Waals surface area contributed by atoms with Gasteiger partial charge in [-0.05, 0) is 66.6 Å². The lowest BCUT2D eigenvalue weighted by Crippen LogP contribution is -2.12. The van der Waals surface area contributed by atoms with Crippen molar-refractivity contribution in [3.63, 3.8) is 0 Å². The Labute approximate surface area is 287 Å². The average molecular weight is 687 g/mol. The summed E-state index contributed by atoms with van der Waals surface area (Å²) in [5.41, 5.74) is 5.18. The summed E-state index contributed by atoms with van der Waals surface area (Å²) in [6, 6.07) is 26.8. The molecule has 4 aromatic heterocycles. The van der Waals surface area contributed by atoms with Gasteiger partial charge in [0, 0.05) is 22.4 Å². The molecule has 1 unspecified atom stereocenters. The van der Waals surface area contributed by atoms with Gasteiger partial charge in [-0.25, -0.2) is 8.78 Å². The van der Waals surface area contributed by atoms with Crippen LogP contribution >= 0.6 is 0 Å². The number of nitrogens with one attached hydrogen (secondary N) is 2. The predicted octanol–water partition coefficient (Wildman–Crippen LogP) is 7.07. The van der Waals surface area contributed by atoms with E-state index in [0.717, 1.165) is 27.5 Å². The van der Waals surface area contributed by atoms with Crippen molar-refractivity contribution in [3.8, 4) is 11.3 Å². The Morgan fingerprint density at radius 1 is 0.804 bits per heavy atom. The van der Waals surface area contributed by atoms with Gasteiger partial charge in [0.15, 0.2) is 17.9 Å². The maximum absolute atomic E-state index is 13.6. The number of fused-ring (bicyclic) bond motifs is 2. The fraction of sp³-hybridized carbons (Fsp3) is 0.108. The number of aliphatic hydroxyl groups is 1. The third-order valence-corrected chi connectivity index (χ3v) is 8.52. The third kappa shape index (κ3) is 6.31. The molecule has 8 aromatic rings. The second-order valence-electron chi connectivity index (χ2n) is 11.9. The number of para-hydroxylation sites is 1. The van der Waals surface area contributed by atoms with Crippen LogP contribution in [0.5, 0.6) is 0 Å². The van der Waals surface area contributed by atoms with Crippen molar-refractivity contribution in [2.75, 3.05) is 10.6 Å². The molecular formula is C37H28F2N8O4. The summed E-state index contributed by atoms with van der Waals surface area (Å²) in [6.07, 6.45) is 0.187. The van der Waals surface area contributed by atoms with E-state index < -0.39 is 12.1 Å². The number of hydrogen-bond donors (Lipinski definition) is 3. The van der Waals surface area contributed by atoms with Crippen molar-refractivity contribution in [1.29, 1.82) is 0 Å². The quantitative estimate of drug-likeness (QED) is 0.129. The highest BCUT2D eigenvalue weighted by molar-refractivity contribution is 6.07. The standard InChI is InChI=1S/C37H28F2N8O4/c1-21-29(20-50-44-21)36(48)40-35-28-16-24(10-15-32(28)47(43-35)19-23-8-13-26(39)14-9-23)30-17-33(51-45-30)37(49)41-34-27-4-2-3-5-31(27)46(42-34)18-22-6-11-25(38)12-7-22/h2-17,20,36,48H,18-19H2,1H3,(H,40,43)(H,41,42,49). The Kier molecular flexibility index (Phi) is 8.04. The zero-order chi connectivity index (χ0) is 35.1. The third-order valence-electron chi connectivity index (χ3n) is 8.52. The summed E-state index contributed by atoms with van der Waals surface area (Å²) in [6.45, 7) is 2.43. The normalized spacial score (nSPS) is 12.1. The first-order valence-electron chi connectivity index (χ1n) is 15.9. The molecule has 0 aliphatic rings. The molecule has 12 nitrogen and oxygen atoms in total. The van der Waals surface area contributed by atoms with E-state index >= 15 is 0 Å². The van der Waals surface area contributed by atoms with Gasteiger partial charge in [-0.2, -0.15) is 10.2 Å². The van der Waals surface area contributed by atoms with Crippen molar-refractivity contribution in [3.05, 3.63) is 143 Å². The summed E-state index contributed by atoms with van der Waals surface area (Å²) >= 11 is 0. The van der Waals surface area contributed by atoms with Gasteiger partial charge in [-0.3, -0.25) is 14.2 Å². The molecule has 0 saturated carbocycles. The van der Waals surface area contributed by atoms with Gasteiger partial charge < -0.3 is 24.8 Å². The Morgan fingerprint density at radius 2 is 1.45 bits per heavy atom. The number of anilines is 2. The van der Waals surface area contributed by atoms with Crippen LogP contribution in [0.3, 0.4) is 0 Å². The van der Waals surface area contributed by atoms with E-state index in [1.54, 1.807) is 40.6 Å². The van der Waals surface area contributed by atoms with Gasteiger partial charge in [-0.15, -0.1) is 0 Å². The Bertz CT molecular complexity index is 2520. The second kappa shape index (κ2) is 13.0. The Hall–Kier alpha value is -6.67. The SMILES string of the molecule is Cc1nocc1C(O)Nc1nn(Cc2ccc(F)cc2)c2ccc(-c3cc(C(=O)Nc4nn(Cc5ccc(F)cc5)c5ccccc45)on3)cc12. The number of carbonyl (C=O) groups excluding carboxylic acids is 1. The molecule has 0 aliphatic heterocycles. The fourth-order valence-corrected chi connectivity index (χ4v) is 5.89. The van der Waals surface area contributed by atoms with Crippen LogP contribution in [-0.4, -0.2) is 40.9 Å². The van der Waals surface area contributed by atoms with Crippen molar-refractivity contribution >= 4 is 39.3 Å². The van der Waals surface area contributed by atoms with Gasteiger partial charge in [0.2, 0.25) is 5.76 Å². The molecule has 0 saturated heterocycles. The Balaban J connectivity index is 1.08. The number of aryl methyl sites for hydroxylation is 1. The summed E-state index contributed by atoms with van der Waals surface area (Å²) in [5, 5.41) is 35.6. The number of aliphatic hydroxyl groups excluding tert-OH is 1. The van der Waals surface area contributed by atoms with E-state index in [0.29, 0.717) is 52.6 Å². The highest BCUT2D eigenvalue weighted by atomic mass is 19.1. The first kappa shape index (κ1) is 31.6. The van der Waals surface area contributed by atoms with E-state index in [-0.39, 0.29) is 17.4 Å². The van der Waals surface area contributed by atoms with E-state index in [2.05, 4.69) is 26.0 Å². The van der Waals surface area contributed by atoms with Crippen molar-refractivity contribution < 1.29 is 27.7 Å². The molecule has 1 amide bonds. The number of halogens is 2. The summed E-state index contributed by atoms with van der Waals surface area (Å²) < 4.78 is 41.0. The fourth-order valence-electron chi connectivity index (χ4n) is 5.89. The zero-order valence-electron chi connectivity index (χ0n) is 26.9. The van der Waals surface area contributed by atoms with E-state index in [1.807, 2.05) is 42.5 Å². The van der Waals surface area contributed by atoms with Crippen molar-refractivity contribution in [1.82, 2.24) is 29.9 Å². The monoisotopic (exact) mass is 686 g/mol. The molecule has 254 valence electrons. The largest absolute Gasteiger partial charge is 0.369 e. The molecular weight excluding hydrogens is 658 g/mol. The molecule has 14 heteroatoms. The first-order valence-corrected chi connectivity index (χ1v) is 15.9. The lowest BCUT2D eigenvalue weighted by atomic mass is 10.1. The molecule has 4 aromatic carbocycles. The number of rotatable bonds is 10. The minimum atomic E-state index is -1.17. The molecule has 0 spiro atoms. The minimum Gasteiger partial charge on any atom is -0.369 e. The van der Waals surface area contributed by atoms with Gasteiger partial charge in [0.25, 0.3) is 5.91 Å². The molecule has 3 N–H and O–H groups in total. The molecule has 0 bridgehead atoms. The van der Waals surface area contributed by atoms with Gasteiger partial charge in [0.05, 0.1) is 35.4 Å². The van der Waals surface area contributed by atoms with Crippen LogP contribution in [0.1, 0.15) is 39.2 Å². The molecule has 0 radical (unpaired) electrons. The summed E-state index contributed by atoms with van der Waals surface area (Å²) in [4.78, 5) is 13.4. The molecule has 8 rings (SSSR count). The summed E-state index contributed by atoms with van der Waals surface area (Å²) in [7, 11) is 0. The molecule has 51 heavy (non-hydrogen) atoms. The lowest BCUT2D eigenvalue weighted by Gasteiger charge is -2.11. The minimum absolute atomic E-state index is 0.0361. The number of hydrogen-bond acceptors (Lipinski definition) is 9. The van der Waals surface area contributed by atoms with Crippen molar-refractivity contribution in [2.45, 2.75) is 26.2 Å². The van der Waals surface area contributed by atoms with Crippen LogP contribution in [0.2, 0.25) is 0 Å². The van der Waals surface area contributed by atoms with E-state index in [9.17, 15) is 18.7 Å². The highest BCUT2D eigenvalue weighted by Gasteiger charge is 2.22. The van der Waals surface area contributed by atoms with Crippen LogP contribution in [-0.2, 0) is 13.1 Å². The maximum atomic E-state index is 13.6. The maximum Gasteiger partial charge on any atom is 0.295 e. The van der Waals surface area contributed by atoms with Gasteiger partial charge >= 0.3 is 0 Å². The number of nitrogens with zero attached hydrogens (tertiary/aromatic N) is 6. The van der Waals surface area contributed by atoms with Crippen LogP contribution in [0, 0.1) is 18.6 Å². The van der Waals surface area contributed by atoms with Crippen LogP contribution in [0.15, 0.2) is 112 Å². The number of carbonyl (C=O) groups is 1. The highest BCUT2D eigenvalue weighted by Crippen LogP contribution is 2.32. The topological polar surface area (TPSA) is 149 Å². The van der Waals surface area contributed by atoms with Gasteiger partial charge in [-0.1, -0.05) is 52.8 Å². The van der Waals surface area contributed by atoms with Crippen molar-refractivity contribution in [2.24, 2.45) is 0 Å². The summed E-state index contributed by atoms with van der Waals surface area (Å²) in [5.74, 6) is -0.544. The first-order chi connectivity index (χ1) is 24.8. The van der Waals surface area contributed by atoms with Crippen LogP contribution < -0.4 is 10.6 Å². The molecule has 0 aliphatic carbocycles.